The van der Waals surface area contributed by atoms with Crippen molar-refractivity contribution in [2.45, 2.75) is 0 Å². The van der Waals surface area contributed by atoms with Crippen LogP contribution in [0.2, 0.25) is 5.02 Å². The SMILES string of the molecule is C=CC(=O)Oc1cnc(-c2cccc(Cl)c2)s1. The first kappa shape index (κ1) is 11.8. The van der Waals surface area contributed by atoms with Crippen molar-refractivity contribution < 1.29 is 9.53 Å². The summed E-state index contributed by atoms with van der Waals surface area (Å²) in [7, 11) is 0. The average molecular weight is 266 g/mol. The fourth-order valence-corrected chi connectivity index (χ4v) is 2.16. The first-order valence-electron chi connectivity index (χ1n) is 4.75. The number of ether oxygens (including phenoxy) is 1. The highest BCUT2D eigenvalue weighted by Crippen LogP contribution is 2.31. The lowest BCUT2D eigenvalue weighted by atomic mass is 10.2. The monoisotopic (exact) mass is 265 g/mol. The number of rotatable bonds is 3. The zero-order valence-electron chi connectivity index (χ0n) is 8.72. The second-order valence-corrected chi connectivity index (χ2v) is 4.55. The molecule has 0 saturated carbocycles. The first-order valence-corrected chi connectivity index (χ1v) is 5.94. The topological polar surface area (TPSA) is 39.2 Å². The van der Waals surface area contributed by atoms with E-state index < -0.39 is 5.97 Å². The van der Waals surface area contributed by atoms with Gasteiger partial charge in [-0.25, -0.2) is 9.78 Å². The van der Waals surface area contributed by atoms with Gasteiger partial charge in [-0.2, -0.15) is 0 Å². The van der Waals surface area contributed by atoms with Gasteiger partial charge in [-0.05, 0) is 12.1 Å². The predicted molar refractivity (Wildman–Crippen MR) is 68.4 cm³/mol. The predicted octanol–water partition coefficient (Wildman–Crippen LogP) is 3.55. The lowest BCUT2D eigenvalue weighted by Gasteiger charge is -1.96. The summed E-state index contributed by atoms with van der Waals surface area (Å²) < 4.78 is 4.96. The van der Waals surface area contributed by atoms with E-state index in [9.17, 15) is 4.79 Å². The van der Waals surface area contributed by atoms with Crippen LogP contribution in [0.4, 0.5) is 0 Å². The summed E-state index contributed by atoms with van der Waals surface area (Å²) in [6, 6.07) is 7.33. The maximum atomic E-state index is 11.0. The van der Waals surface area contributed by atoms with E-state index in [1.165, 1.54) is 17.5 Å². The van der Waals surface area contributed by atoms with E-state index in [-0.39, 0.29) is 0 Å². The van der Waals surface area contributed by atoms with Gasteiger partial charge in [0.2, 0.25) is 5.06 Å². The molecule has 86 valence electrons. The Morgan fingerprint density at radius 2 is 2.35 bits per heavy atom. The Labute approximate surface area is 107 Å². The second-order valence-electron chi connectivity index (χ2n) is 3.12. The number of hydrogen-bond donors (Lipinski definition) is 0. The fourth-order valence-electron chi connectivity index (χ4n) is 1.20. The third-order valence-electron chi connectivity index (χ3n) is 1.92. The van der Waals surface area contributed by atoms with E-state index in [1.54, 1.807) is 12.1 Å². The van der Waals surface area contributed by atoms with Crippen molar-refractivity contribution in [3.05, 3.63) is 48.1 Å². The molecule has 0 aliphatic carbocycles. The number of benzene rings is 1. The van der Waals surface area contributed by atoms with Gasteiger partial charge in [0.15, 0.2) is 0 Å². The lowest BCUT2D eigenvalue weighted by molar-refractivity contribution is -0.128. The number of carbonyl (C=O) groups is 1. The Bertz CT molecular complexity index is 565. The molecule has 2 rings (SSSR count). The zero-order valence-corrected chi connectivity index (χ0v) is 10.3. The summed E-state index contributed by atoms with van der Waals surface area (Å²) in [6.07, 6.45) is 2.61. The Balaban J connectivity index is 2.23. The van der Waals surface area contributed by atoms with Crippen LogP contribution in [0.5, 0.6) is 5.06 Å². The Morgan fingerprint density at radius 3 is 3.06 bits per heavy atom. The number of aromatic nitrogens is 1. The van der Waals surface area contributed by atoms with E-state index in [1.807, 2.05) is 12.1 Å². The van der Waals surface area contributed by atoms with Crippen LogP contribution in [0.1, 0.15) is 0 Å². The number of carbonyl (C=O) groups excluding carboxylic acids is 1. The van der Waals surface area contributed by atoms with Crippen molar-refractivity contribution in [2.24, 2.45) is 0 Å². The molecule has 0 unspecified atom stereocenters. The van der Waals surface area contributed by atoms with Crippen LogP contribution >= 0.6 is 22.9 Å². The average Bonchev–Trinajstić information content (AvgIpc) is 2.77. The standard InChI is InChI=1S/C12H8ClNO2S/c1-2-10(15)16-11-7-14-12(17-11)8-4-3-5-9(13)6-8/h2-7H,1H2. The first-order chi connectivity index (χ1) is 8.19. The van der Waals surface area contributed by atoms with Crippen molar-refractivity contribution in [3.8, 4) is 15.6 Å². The highest BCUT2D eigenvalue weighted by molar-refractivity contribution is 7.16. The van der Waals surface area contributed by atoms with E-state index in [0.717, 1.165) is 16.6 Å². The quantitative estimate of drug-likeness (QED) is 0.629. The van der Waals surface area contributed by atoms with E-state index in [2.05, 4.69) is 11.6 Å². The molecule has 0 bridgehead atoms. The summed E-state index contributed by atoms with van der Waals surface area (Å²) in [5.41, 5.74) is 0.892. The maximum Gasteiger partial charge on any atom is 0.336 e. The van der Waals surface area contributed by atoms with Gasteiger partial charge in [-0.15, -0.1) is 0 Å². The molecule has 0 fully saturated rings. The van der Waals surface area contributed by atoms with Crippen molar-refractivity contribution in [1.82, 2.24) is 4.98 Å². The van der Waals surface area contributed by atoms with Crippen LogP contribution in [-0.4, -0.2) is 11.0 Å². The Hall–Kier alpha value is -1.65. The minimum Gasteiger partial charge on any atom is -0.410 e. The second kappa shape index (κ2) is 5.12. The molecule has 0 radical (unpaired) electrons. The molecule has 17 heavy (non-hydrogen) atoms. The molecule has 0 amide bonds. The van der Waals surface area contributed by atoms with Crippen molar-refractivity contribution in [3.63, 3.8) is 0 Å². The summed E-state index contributed by atoms with van der Waals surface area (Å²) in [4.78, 5) is 15.2. The largest absolute Gasteiger partial charge is 0.410 e. The molecule has 0 N–H and O–H groups in total. The van der Waals surface area contributed by atoms with Crippen LogP contribution < -0.4 is 4.74 Å². The highest BCUT2D eigenvalue weighted by atomic mass is 35.5. The number of nitrogens with zero attached hydrogens (tertiary/aromatic N) is 1. The molecule has 2 aromatic rings. The molecule has 1 aromatic heterocycles. The normalized spacial score (nSPS) is 9.94. The van der Waals surface area contributed by atoms with Gasteiger partial charge in [0.05, 0.1) is 6.20 Å². The molecule has 0 saturated heterocycles. The summed E-state index contributed by atoms with van der Waals surface area (Å²) in [5, 5.41) is 1.83. The molecule has 0 atom stereocenters. The minimum absolute atomic E-state index is 0.435. The number of hydrogen-bond acceptors (Lipinski definition) is 4. The van der Waals surface area contributed by atoms with Gasteiger partial charge in [0.25, 0.3) is 0 Å². The lowest BCUT2D eigenvalue weighted by Crippen LogP contribution is -2.01. The van der Waals surface area contributed by atoms with Crippen LogP contribution in [0.15, 0.2) is 43.1 Å². The molecule has 1 heterocycles. The van der Waals surface area contributed by atoms with Crippen molar-refractivity contribution in [2.75, 3.05) is 0 Å². The molecular formula is C12H8ClNO2S. The summed E-state index contributed by atoms with van der Waals surface area (Å²) >= 11 is 7.16. The van der Waals surface area contributed by atoms with E-state index in [0.29, 0.717) is 10.1 Å². The molecule has 1 aromatic carbocycles. The van der Waals surface area contributed by atoms with Gasteiger partial charge < -0.3 is 4.74 Å². The third-order valence-corrected chi connectivity index (χ3v) is 3.08. The summed E-state index contributed by atoms with van der Waals surface area (Å²) in [5.74, 6) is -0.494. The molecule has 5 heteroatoms. The van der Waals surface area contributed by atoms with Crippen LogP contribution in [0.3, 0.4) is 0 Å². The molecule has 0 aliphatic heterocycles. The zero-order chi connectivity index (χ0) is 12.3. The van der Waals surface area contributed by atoms with Crippen LogP contribution in [0.25, 0.3) is 10.6 Å². The Morgan fingerprint density at radius 1 is 1.53 bits per heavy atom. The van der Waals surface area contributed by atoms with Crippen molar-refractivity contribution >= 4 is 28.9 Å². The minimum atomic E-state index is -0.494. The number of esters is 1. The highest BCUT2D eigenvalue weighted by Gasteiger charge is 2.08. The fraction of sp³-hybridized carbons (Fsp3) is 0. The summed E-state index contributed by atoms with van der Waals surface area (Å²) in [6.45, 7) is 3.33. The molecule has 0 spiro atoms. The van der Waals surface area contributed by atoms with Crippen molar-refractivity contribution in [1.29, 1.82) is 0 Å². The maximum absolute atomic E-state index is 11.0. The van der Waals surface area contributed by atoms with Gasteiger partial charge in [-0.1, -0.05) is 41.6 Å². The molecule has 3 nitrogen and oxygen atoms in total. The smallest absolute Gasteiger partial charge is 0.336 e. The molecule has 0 aliphatic rings. The van der Waals surface area contributed by atoms with Gasteiger partial charge in [0, 0.05) is 16.7 Å². The van der Waals surface area contributed by atoms with Gasteiger partial charge in [-0.3, -0.25) is 0 Å². The number of halogens is 1. The van der Waals surface area contributed by atoms with E-state index in [4.69, 9.17) is 16.3 Å². The third kappa shape index (κ3) is 2.93. The van der Waals surface area contributed by atoms with Crippen LogP contribution in [-0.2, 0) is 4.79 Å². The molecular weight excluding hydrogens is 258 g/mol. The Kier molecular flexibility index (Phi) is 3.56. The van der Waals surface area contributed by atoms with Gasteiger partial charge in [0.1, 0.15) is 5.01 Å². The van der Waals surface area contributed by atoms with E-state index >= 15 is 0 Å². The number of thiazole rings is 1. The van der Waals surface area contributed by atoms with Crippen LogP contribution in [0, 0.1) is 0 Å². The van der Waals surface area contributed by atoms with Gasteiger partial charge >= 0.3 is 5.97 Å².